The molecule has 1 N–H and O–H groups in total. The van der Waals surface area contributed by atoms with Gasteiger partial charge in [0.2, 0.25) is 0 Å². The molecule has 0 fully saturated rings. The Labute approximate surface area is 112 Å². The predicted molar refractivity (Wildman–Crippen MR) is 72.6 cm³/mol. The maximum absolute atomic E-state index is 9.40. The number of aliphatic hydroxyl groups is 1. The molecule has 0 bridgehead atoms. The molecule has 0 saturated carbocycles. The van der Waals surface area contributed by atoms with Crippen LogP contribution in [0.3, 0.4) is 0 Å². The molecule has 0 aromatic heterocycles. The fourth-order valence-electron chi connectivity index (χ4n) is 1.68. The van der Waals surface area contributed by atoms with Crippen LogP contribution in [-0.4, -0.2) is 5.11 Å². The van der Waals surface area contributed by atoms with E-state index < -0.39 is 6.10 Å². The predicted octanol–water partition coefficient (Wildman–Crippen LogP) is 3.19. The molecule has 0 aliphatic carbocycles. The number of hydrogen-bond acceptors (Lipinski definition) is 3. The third kappa shape index (κ3) is 3.57. The Balaban J connectivity index is 1.96. The van der Waals surface area contributed by atoms with Crippen LogP contribution in [-0.2, 0) is 6.61 Å². The summed E-state index contributed by atoms with van der Waals surface area (Å²) in [6, 6.07) is 16.8. The van der Waals surface area contributed by atoms with Gasteiger partial charge >= 0.3 is 0 Å². The maximum Gasteiger partial charge on any atom is 0.119 e. The molecule has 0 spiro atoms. The third-order valence-electron chi connectivity index (χ3n) is 2.85. The van der Waals surface area contributed by atoms with Crippen molar-refractivity contribution in [1.82, 2.24) is 0 Å². The summed E-state index contributed by atoms with van der Waals surface area (Å²) in [5.74, 6) is 0.758. The van der Waals surface area contributed by atoms with Gasteiger partial charge in [-0.05, 0) is 42.3 Å². The Morgan fingerprint density at radius 2 is 1.74 bits per heavy atom. The summed E-state index contributed by atoms with van der Waals surface area (Å²) >= 11 is 0. The lowest BCUT2D eigenvalue weighted by Crippen LogP contribution is -1.96. The Kier molecular flexibility index (Phi) is 4.17. The fourth-order valence-corrected chi connectivity index (χ4v) is 1.68. The summed E-state index contributed by atoms with van der Waals surface area (Å²) in [7, 11) is 0. The molecule has 0 aliphatic rings. The van der Waals surface area contributed by atoms with Gasteiger partial charge in [-0.25, -0.2) is 0 Å². The first-order valence-corrected chi connectivity index (χ1v) is 6.09. The van der Waals surface area contributed by atoms with Gasteiger partial charge in [0.1, 0.15) is 12.4 Å². The summed E-state index contributed by atoms with van der Waals surface area (Å²) in [5.41, 5.74) is 2.52. The van der Waals surface area contributed by atoms with Crippen LogP contribution in [0.1, 0.15) is 29.7 Å². The highest BCUT2D eigenvalue weighted by Crippen LogP contribution is 2.18. The highest BCUT2D eigenvalue weighted by Gasteiger charge is 2.01. The molecular formula is C16H15NO2. The van der Waals surface area contributed by atoms with E-state index in [1.165, 1.54) is 0 Å². The molecule has 0 heterocycles. The van der Waals surface area contributed by atoms with Gasteiger partial charge in [0.15, 0.2) is 0 Å². The van der Waals surface area contributed by atoms with E-state index in [4.69, 9.17) is 10.00 Å². The van der Waals surface area contributed by atoms with Crippen molar-refractivity contribution in [3.05, 3.63) is 65.2 Å². The molecule has 0 aliphatic heterocycles. The highest BCUT2D eigenvalue weighted by atomic mass is 16.5. The van der Waals surface area contributed by atoms with Crippen molar-refractivity contribution in [2.45, 2.75) is 19.6 Å². The van der Waals surface area contributed by atoms with E-state index in [1.54, 1.807) is 19.1 Å². The normalized spacial score (nSPS) is 11.6. The number of benzene rings is 2. The standard InChI is InChI=1S/C16H15NO2/c1-12(18)15-6-8-16(9-7-15)19-11-14-4-2-13(10-17)3-5-14/h2-9,12,18H,11H2,1H3/t12-/m0/s1. The summed E-state index contributed by atoms with van der Waals surface area (Å²) in [4.78, 5) is 0. The SMILES string of the molecule is C[C@H](O)c1ccc(OCc2ccc(C#N)cc2)cc1. The molecule has 0 saturated heterocycles. The molecular weight excluding hydrogens is 238 g/mol. The minimum Gasteiger partial charge on any atom is -0.489 e. The van der Waals surface area contributed by atoms with Gasteiger partial charge in [0.05, 0.1) is 17.7 Å². The summed E-state index contributed by atoms with van der Waals surface area (Å²) in [6.07, 6.45) is -0.465. The second-order valence-electron chi connectivity index (χ2n) is 4.34. The van der Waals surface area contributed by atoms with E-state index in [9.17, 15) is 5.11 Å². The number of nitriles is 1. The van der Waals surface area contributed by atoms with E-state index in [0.29, 0.717) is 12.2 Å². The zero-order valence-corrected chi connectivity index (χ0v) is 10.7. The van der Waals surface area contributed by atoms with Crippen molar-refractivity contribution in [1.29, 1.82) is 5.26 Å². The van der Waals surface area contributed by atoms with Crippen LogP contribution in [0.2, 0.25) is 0 Å². The molecule has 0 radical (unpaired) electrons. The van der Waals surface area contributed by atoms with E-state index in [0.717, 1.165) is 16.9 Å². The lowest BCUT2D eigenvalue weighted by molar-refractivity contribution is 0.199. The molecule has 19 heavy (non-hydrogen) atoms. The van der Waals surface area contributed by atoms with Gasteiger partial charge in [-0.1, -0.05) is 24.3 Å². The average Bonchev–Trinajstić information content (AvgIpc) is 2.46. The first-order valence-electron chi connectivity index (χ1n) is 6.09. The van der Waals surface area contributed by atoms with Crippen LogP contribution in [0.15, 0.2) is 48.5 Å². The largest absolute Gasteiger partial charge is 0.489 e. The maximum atomic E-state index is 9.40. The quantitative estimate of drug-likeness (QED) is 0.910. The molecule has 3 heteroatoms. The summed E-state index contributed by atoms with van der Waals surface area (Å²) < 4.78 is 5.64. The Bertz CT molecular complexity index is 565. The number of hydrogen-bond donors (Lipinski definition) is 1. The van der Waals surface area contributed by atoms with Gasteiger partial charge in [0, 0.05) is 0 Å². The van der Waals surface area contributed by atoms with Crippen LogP contribution in [0.25, 0.3) is 0 Å². The van der Waals surface area contributed by atoms with Crippen molar-refractivity contribution in [3.8, 4) is 11.8 Å². The number of rotatable bonds is 4. The Hall–Kier alpha value is -2.31. The molecule has 2 aromatic carbocycles. The minimum absolute atomic E-state index is 0.458. The number of aliphatic hydroxyl groups excluding tert-OH is 1. The van der Waals surface area contributed by atoms with E-state index in [-0.39, 0.29) is 0 Å². The monoisotopic (exact) mass is 253 g/mol. The topological polar surface area (TPSA) is 53.2 Å². The van der Waals surface area contributed by atoms with Crippen molar-refractivity contribution >= 4 is 0 Å². The van der Waals surface area contributed by atoms with Gasteiger partial charge in [-0.15, -0.1) is 0 Å². The lowest BCUT2D eigenvalue weighted by atomic mass is 10.1. The van der Waals surface area contributed by atoms with Crippen LogP contribution in [0.5, 0.6) is 5.75 Å². The zero-order chi connectivity index (χ0) is 13.7. The van der Waals surface area contributed by atoms with Gasteiger partial charge < -0.3 is 9.84 Å². The smallest absolute Gasteiger partial charge is 0.119 e. The summed E-state index contributed by atoms with van der Waals surface area (Å²) in [5, 5.41) is 18.1. The van der Waals surface area contributed by atoms with Gasteiger partial charge in [-0.2, -0.15) is 5.26 Å². The summed E-state index contributed by atoms with van der Waals surface area (Å²) in [6.45, 7) is 2.19. The van der Waals surface area contributed by atoms with E-state index in [1.807, 2.05) is 36.4 Å². The Morgan fingerprint density at radius 1 is 1.11 bits per heavy atom. The Morgan fingerprint density at radius 3 is 2.26 bits per heavy atom. The average molecular weight is 253 g/mol. The molecule has 96 valence electrons. The van der Waals surface area contributed by atoms with Crippen molar-refractivity contribution in [3.63, 3.8) is 0 Å². The number of nitrogens with zero attached hydrogens (tertiary/aromatic N) is 1. The van der Waals surface area contributed by atoms with E-state index >= 15 is 0 Å². The second-order valence-corrected chi connectivity index (χ2v) is 4.34. The second kappa shape index (κ2) is 6.03. The molecule has 2 aromatic rings. The molecule has 1 atom stereocenters. The molecule has 0 unspecified atom stereocenters. The molecule has 2 rings (SSSR count). The first kappa shape index (κ1) is 13.1. The fraction of sp³-hybridized carbons (Fsp3) is 0.188. The van der Waals surface area contributed by atoms with Gasteiger partial charge in [-0.3, -0.25) is 0 Å². The minimum atomic E-state index is -0.465. The molecule has 0 amide bonds. The van der Waals surface area contributed by atoms with Crippen LogP contribution in [0, 0.1) is 11.3 Å². The lowest BCUT2D eigenvalue weighted by Gasteiger charge is -2.08. The van der Waals surface area contributed by atoms with Gasteiger partial charge in [0.25, 0.3) is 0 Å². The van der Waals surface area contributed by atoms with Crippen LogP contribution < -0.4 is 4.74 Å². The van der Waals surface area contributed by atoms with Crippen LogP contribution in [0.4, 0.5) is 0 Å². The number of ether oxygens (including phenoxy) is 1. The first-order chi connectivity index (χ1) is 9.19. The highest BCUT2D eigenvalue weighted by molar-refractivity contribution is 5.32. The zero-order valence-electron chi connectivity index (χ0n) is 10.7. The van der Waals surface area contributed by atoms with Crippen LogP contribution >= 0.6 is 0 Å². The van der Waals surface area contributed by atoms with Crippen molar-refractivity contribution in [2.75, 3.05) is 0 Å². The molecule has 3 nitrogen and oxygen atoms in total. The van der Waals surface area contributed by atoms with E-state index in [2.05, 4.69) is 6.07 Å². The van der Waals surface area contributed by atoms with Crippen molar-refractivity contribution in [2.24, 2.45) is 0 Å². The van der Waals surface area contributed by atoms with Crippen molar-refractivity contribution < 1.29 is 9.84 Å². The third-order valence-corrected chi connectivity index (χ3v) is 2.85.